The first-order valence-electron chi connectivity index (χ1n) is 5.02. The summed E-state index contributed by atoms with van der Waals surface area (Å²) in [5, 5.41) is 58.8. The van der Waals surface area contributed by atoms with Crippen LogP contribution < -0.4 is 0 Å². The average molecular weight is 242 g/mol. The summed E-state index contributed by atoms with van der Waals surface area (Å²) >= 11 is 0. The van der Waals surface area contributed by atoms with Crippen LogP contribution in [0.1, 0.15) is 19.8 Å². The number of aliphatic hydroxyl groups is 7. The molecule has 0 aromatic rings. The molecule has 0 aromatic heterocycles. The summed E-state index contributed by atoms with van der Waals surface area (Å²) in [5.74, 6) is 0. The van der Waals surface area contributed by atoms with E-state index >= 15 is 0 Å². The normalized spacial score (nSPS) is 16.3. The van der Waals surface area contributed by atoms with E-state index < -0.39 is 37.8 Å². The Morgan fingerprint density at radius 2 is 1.19 bits per heavy atom. The van der Waals surface area contributed by atoms with Gasteiger partial charge in [0, 0.05) is 0 Å². The molecule has 0 radical (unpaired) electrons. The summed E-state index contributed by atoms with van der Waals surface area (Å²) in [6.07, 6.45) is -4.08. The summed E-state index contributed by atoms with van der Waals surface area (Å²) in [7, 11) is 0. The zero-order valence-electron chi connectivity index (χ0n) is 9.27. The van der Waals surface area contributed by atoms with Crippen molar-refractivity contribution < 1.29 is 35.7 Å². The summed E-state index contributed by atoms with van der Waals surface area (Å²) in [6, 6.07) is 0. The Labute approximate surface area is 94.2 Å². The van der Waals surface area contributed by atoms with Crippen molar-refractivity contribution in [3.8, 4) is 0 Å². The lowest BCUT2D eigenvalue weighted by Gasteiger charge is -2.19. The molecule has 0 aliphatic heterocycles. The first-order chi connectivity index (χ1) is 7.40. The predicted octanol–water partition coefficient (Wildman–Crippen LogP) is -2.85. The van der Waals surface area contributed by atoms with Gasteiger partial charge in [-0.3, -0.25) is 0 Å². The van der Waals surface area contributed by atoms with Gasteiger partial charge in [-0.2, -0.15) is 0 Å². The Hall–Kier alpha value is -0.280. The van der Waals surface area contributed by atoms with E-state index in [1.807, 2.05) is 6.92 Å². The highest BCUT2D eigenvalue weighted by molar-refractivity contribution is 4.73. The molecule has 0 bridgehead atoms. The van der Waals surface area contributed by atoms with Gasteiger partial charge >= 0.3 is 0 Å². The van der Waals surface area contributed by atoms with Crippen LogP contribution in [-0.2, 0) is 0 Å². The van der Waals surface area contributed by atoms with E-state index in [1.54, 1.807) is 0 Å². The fraction of sp³-hybridized carbons (Fsp3) is 1.00. The van der Waals surface area contributed by atoms with Crippen molar-refractivity contribution in [1.82, 2.24) is 0 Å². The SMILES string of the molecule is CCCC(O)O.OCC(O)C(O)C(O)CO. The molecule has 7 heteroatoms. The molecule has 7 nitrogen and oxygen atoms in total. The minimum absolute atomic E-state index is 0.486. The van der Waals surface area contributed by atoms with Gasteiger partial charge in [-0.25, -0.2) is 0 Å². The van der Waals surface area contributed by atoms with Crippen molar-refractivity contribution in [2.75, 3.05) is 13.2 Å². The van der Waals surface area contributed by atoms with Crippen LogP contribution in [0.3, 0.4) is 0 Å². The Morgan fingerprint density at radius 3 is 1.31 bits per heavy atom. The largest absolute Gasteiger partial charge is 0.394 e. The number of aliphatic hydroxyl groups excluding tert-OH is 6. The van der Waals surface area contributed by atoms with Gasteiger partial charge < -0.3 is 35.7 Å². The Kier molecular flexibility index (Phi) is 12.7. The summed E-state index contributed by atoms with van der Waals surface area (Å²) in [5.41, 5.74) is 0. The van der Waals surface area contributed by atoms with Crippen molar-refractivity contribution in [2.24, 2.45) is 0 Å². The Morgan fingerprint density at radius 1 is 0.812 bits per heavy atom. The smallest absolute Gasteiger partial charge is 0.151 e. The molecular formula is C9H22O7. The fourth-order valence-corrected chi connectivity index (χ4v) is 0.731. The zero-order chi connectivity index (χ0) is 13.1. The molecule has 0 aromatic carbocycles. The lowest BCUT2D eigenvalue weighted by molar-refractivity contribution is -0.0900. The standard InChI is InChI=1S/C5H12O5.C4H10O2/c6-1-3(8)5(10)4(9)2-7;1-2-3-4(5)6/h3-10H,1-2H2;4-6H,2-3H2,1H3. The van der Waals surface area contributed by atoms with Gasteiger partial charge in [-0.05, 0) is 6.42 Å². The molecule has 0 rings (SSSR count). The molecule has 0 amide bonds. The molecule has 7 N–H and O–H groups in total. The second-order valence-electron chi connectivity index (χ2n) is 3.26. The van der Waals surface area contributed by atoms with Crippen LogP contribution in [0.5, 0.6) is 0 Å². The molecule has 0 spiro atoms. The quantitative estimate of drug-likeness (QED) is 0.248. The molecule has 0 aliphatic carbocycles. The topological polar surface area (TPSA) is 142 Å². The van der Waals surface area contributed by atoms with Crippen LogP contribution in [0.15, 0.2) is 0 Å². The third-order valence-corrected chi connectivity index (χ3v) is 1.71. The monoisotopic (exact) mass is 242 g/mol. The molecule has 0 saturated heterocycles. The molecular weight excluding hydrogens is 220 g/mol. The zero-order valence-corrected chi connectivity index (χ0v) is 9.27. The van der Waals surface area contributed by atoms with E-state index in [2.05, 4.69) is 0 Å². The Bertz CT molecular complexity index is 132. The summed E-state index contributed by atoms with van der Waals surface area (Å²) in [4.78, 5) is 0. The van der Waals surface area contributed by atoms with Crippen LogP contribution in [0.4, 0.5) is 0 Å². The second kappa shape index (κ2) is 11.2. The predicted molar refractivity (Wildman–Crippen MR) is 55.3 cm³/mol. The van der Waals surface area contributed by atoms with Crippen molar-refractivity contribution in [2.45, 2.75) is 44.4 Å². The molecule has 0 saturated carbocycles. The van der Waals surface area contributed by atoms with E-state index in [4.69, 9.17) is 35.7 Å². The maximum atomic E-state index is 8.77. The maximum absolute atomic E-state index is 8.77. The molecule has 100 valence electrons. The van der Waals surface area contributed by atoms with E-state index in [0.29, 0.717) is 6.42 Å². The van der Waals surface area contributed by atoms with Crippen LogP contribution in [0.25, 0.3) is 0 Å². The summed E-state index contributed by atoms with van der Waals surface area (Å²) in [6.45, 7) is 0.621. The van der Waals surface area contributed by atoms with Gasteiger partial charge in [0.15, 0.2) is 6.29 Å². The van der Waals surface area contributed by atoms with Crippen molar-refractivity contribution in [3.05, 3.63) is 0 Å². The highest BCUT2D eigenvalue weighted by Crippen LogP contribution is 1.98. The number of hydrogen-bond acceptors (Lipinski definition) is 7. The van der Waals surface area contributed by atoms with Gasteiger partial charge in [0.05, 0.1) is 13.2 Å². The van der Waals surface area contributed by atoms with E-state index in [1.165, 1.54) is 0 Å². The number of hydrogen-bond donors (Lipinski definition) is 7. The third kappa shape index (κ3) is 10.2. The van der Waals surface area contributed by atoms with E-state index in [0.717, 1.165) is 6.42 Å². The highest BCUT2D eigenvalue weighted by Gasteiger charge is 2.22. The lowest BCUT2D eigenvalue weighted by Crippen LogP contribution is -2.41. The van der Waals surface area contributed by atoms with E-state index in [-0.39, 0.29) is 0 Å². The van der Waals surface area contributed by atoms with E-state index in [9.17, 15) is 0 Å². The summed E-state index contributed by atoms with van der Waals surface area (Å²) < 4.78 is 0. The lowest BCUT2D eigenvalue weighted by atomic mass is 10.1. The van der Waals surface area contributed by atoms with Crippen molar-refractivity contribution in [3.63, 3.8) is 0 Å². The maximum Gasteiger partial charge on any atom is 0.151 e. The molecule has 0 fully saturated rings. The van der Waals surface area contributed by atoms with Gasteiger partial charge in [-0.15, -0.1) is 0 Å². The van der Waals surface area contributed by atoms with Crippen molar-refractivity contribution in [1.29, 1.82) is 0 Å². The average Bonchev–Trinajstić information content (AvgIpc) is 2.26. The van der Waals surface area contributed by atoms with Crippen LogP contribution in [0, 0.1) is 0 Å². The van der Waals surface area contributed by atoms with Crippen LogP contribution in [-0.4, -0.2) is 73.6 Å². The van der Waals surface area contributed by atoms with Crippen LogP contribution >= 0.6 is 0 Å². The Balaban J connectivity index is 0. The minimum atomic E-state index is -1.49. The van der Waals surface area contributed by atoms with Gasteiger partial charge in [0.25, 0.3) is 0 Å². The van der Waals surface area contributed by atoms with Crippen molar-refractivity contribution >= 4 is 0 Å². The first kappa shape index (κ1) is 18.1. The van der Waals surface area contributed by atoms with Gasteiger partial charge in [0.2, 0.25) is 0 Å². The second-order valence-corrected chi connectivity index (χ2v) is 3.26. The number of rotatable bonds is 6. The van der Waals surface area contributed by atoms with Crippen LogP contribution in [0.2, 0.25) is 0 Å². The highest BCUT2D eigenvalue weighted by atomic mass is 16.5. The molecule has 0 heterocycles. The molecule has 2 atom stereocenters. The minimum Gasteiger partial charge on any atom is -0.394 e. The molecule has 16 heavy (non-hydrogen) atoms. The molecule has 0 aliphatic rings. The fourth-order valence-electron chi connectivity index (χ4n) is 0.731. The molecule has 2 unspecified atom stereocenters. The first-order valence-corrected chi connectivity index (χ1v) is 5.02. The van der Waals surface area contributed by atoms with Gasteiger partial charge in [-0.1, -0.05) is 13.3 Å². The van der Waals surface area contributed by atoms with Gasteiger partial charge in [0.1, 0.15) is 18.3 Å². The third-order valence-electron chi connectivity index (χ3n) is 1.71.